The van der Waals surface area contributed by atoms with Crippen LogP contribution in [0.5, 0.6) is 5.88 Å². The lowest BCUT2D eigenvalue weighted by atomic mass is 10.1. The molecule has 0 radical (unpaired) electrons. The molecule has 0 saturated carbocycles. The SMILES string of the molecule is CCOc1ccc(CN(C(=O)c2cc3c4c(c(N)nc3cn2)COC4)[C@H](C)COC)nn1. The van der Waals surface area contributed by atoms with E-state index in [2.05, 4.69) is 20.2 Å². The number of amides is 1. The zero-order valence-corrected chi connectivity index (χ0v) is 18.4. The second kappa shape index (κ2) is 9.41. The Morgan fingerprint density at radius 1 is 1.28 bits per heavy atom. The van der Waals surface area contributed by atoms with Crippen LogP contribution in [0.2, 0.25) is 0 Å². The van der Waals surface area contributed by atoms with Crippen LogP contribution in [0.15, 0.2) is 24.4 Å². The number of nitrogen functional groups attached to an aromatic ring is 1. The first-order chi connectivity index (χ1) is 15.5. The maximum Gasteiger partial charge on any atom is 0.273 e. The highest BCUT2D eigenvalue weighted by atomic mass is 16.5. The lowest BCUT2D eigenvalue weighted by Crippen LogP contribution is -2.41. The number of hydrogen-bond acceptors (Lipinski definition) is 9. The molecule has 3 aromatic rings. The van der Waals surface area contributed by atoms with E-state index in [0.717, 1.165) is 16.5 Å². The van der Waals surface area contributed by atoms with E-state index in [1.807, 2.05) is 13.8 Å². The highest BCUT2D eigenvalue weighted by molar-refractivity contribution is 5.97. The van der Waals surface area contributed by atoms with Crippen molar-refractivity contribution in [2.45, 2.75) is 39.6 Å². The predicted molar refractivity (Wildman–Crippen MR) is 117 cm³/mol. The van der Waals surface area contributed by atoms with Crippen LogP contribution in [0, 0.1) is 0 Å². The van der Waals surface area contributed by atoms with Crippen LogP contribution in [0.25, 0.3) is 10.9 Å². The average Bonchev–Trinajstić information content (AvgIpc) is 3.29. The number of rotatable bonds is 8. The number of carbonyl (C=O) groups excluding carboxylic acids is 1. The maximum atomic E-state index is 13.5. The number of nitrogens with two attached hydrogens (primary N) is 1. The van der Waals surface area contributed by atoms with Gasteiger partial charge in [0.2, 0.25) is 5.88 Å². The maximum absolute atomic E-state index is 13.5. The third-order valence-corrected chi connectivity index (χ3v) is 5.35. The first kappa shape index (κ1) is 21.8. The number of hydrogen-bond donors (Lipinski definition) is 1. The Hall–Kier alpha value is -3.37. The number of fused-ring (bicyclic) bond motifs is 3. The Morgan fingerprint density at radius 2 is 2.09 bits per heavy atom. The molecule has 10 heteroatoms. The summed E-state index contributed by atoms with van der Waals surface area (Å²) in [4.78, 5) is 24.0. The Balaban J connectivity index is 1.66. The summed E-state index contributed by atoms with van der Waals surface area (Å²) in [7, 11) is 1.60. The zero-order chi connectivity index (χ0) is 22.7. The molecule has 0 spiro atoms. The van der Waals surface area contributed by atoms with Crippen LogP contribution in [0.4, 0.5) is 5.82 Å². The highest BCUT2D eigenvalue weighted by Crippen LogP contribution is 2.31. The molecule has 1 atom stereocenters. The molecule has 168 valence electrons. The van der Waals surface area contributed by atoms with Crippen molar-refractivity contribution in [2.75, 3.05) is 26.1 Å². The third-order valence-electron chi connectivity index (χ3n) is 5.35. The molecular formula is C22H26N6O4. The number of nitrogens with zero attached hydrogens (tertiary/aromatic N) is 5. The fraction of sp³-hybridized carbons (Fsp3) is 0.409. The number of anilines is 1. The minimum atomic E-state index is -0.239. The molecule has 0 bridgehead atoms. The van der Waals surface area contributed by atoms with Gasteiger partial charge in [0.25, 0.3) is 5.91 Å². The summed E-state index contributed by atoms with van der Waals surface area (Å²) in [5, 5.41) is 9.07. The van der Waals surface area contributed by atoms with Gasteiger partial charge in [0.1, 0.15) is 11.5 Å². The van der Waals surface area contributed by atoms with E-state index in [-0.39, 0.29) is 18.5 Å². The Bertz CT molecular complexity index is 1120. The highest BCUT2D eigenvalue weighted by Gasteiger charge is 2.26. The van der Waals surface area contributed by atoms with E-state index in [9.17, 15) is 4.79 Å². The Labute approximate surface area is 185 Å². The molecule has 10 nitrogen and oxygen atoms in total. The van der Waals surface area contributed by atoms with E-state index in [1.54, 1.807) is 36.4 Å². The molecule has 1 amide bonds. The van der Waals surface area contributed by atoms with Crippen LogP contribution >= 0.6 is 0 Å². The van der Waals surface area contributed by atoms with Gasteiger partial charge in [-0.2, -0.15) is 5.10 Å². The quantitative estimate of drug-likeness (QED) is 0.563. The van der Waals surface area contributed by atoms with Crippen LogP contribution < -0.4 is 10.5 Å². The van der Waals surface area contributed by atoms with Gasteiger partial charge in [-0.1, -0.05) is 0 Å². The number of ether oxygens (including phenoxy) is 3. The third kappa shape index (κ3) is 4.32. The predicted octanol–water partition coefficient (Wildman–Crippen LogP) is 2.11. The first-order valence-electron chi connectivity index (χ1n) is 10.4. The van der Waals surface area contributed by atoms with Gasteiger partial charge in [-0.15, -0.1) is 5.10 Å². The van der Waals surface area contributed by atoms with E-state index in [4.69, 9.17) is 19.9 Å². The molecule has 32 heavy (non-hydrogen) atoms. The summed E-state index contributed by atoms with van der Waals surface area (Å²) in [6, 6.07) is 5.08. The van der Waals surface area contributed by atoms with Gasteiger partial charge < -0.3 is 24.8 Å². The summed E-state index contributed by atoms with van der Waals surface area (Å²) in [6.07, 6.45) is 1.58. The van der Waals surface area contributed by atoms with Crippen molar-refractivity contribution in [3.63, 3.8) is 0 Å². The van der Waals surface area contributed by atoms with Crippen LogP contribution in [0.3, 0.4) is 0 Å². The average molecular weight is 438 g/mol. The van der Waals surface area contributed by atoms with Gasteiger partial charge in [0.05, 0.1) is 56.4 Å². The summed E-state index contributed by atoms with van der Waals surface area (Å²) in [5.74, 6) is 0.644. The van der Waals surface area contributed by atoms with Crippen molar-refractivity contribution in [1.82, 2.24) is 25.1 Å². The second-order valence-electron chi connectivity index (χ2n) is 7.57. The van der Waals surface area contributed by atoms with Crippen molar-refractivity contribution in [3.05, 3.63) is 46.9 Å². The van der Waals surface area contributed by atoms with Gasteiger partial charge in [0.15, 0.2) is 0 Å². The van der Waals surface area contributed by atoms with Crippen molar-refractivity contribution in [2.24, 2.45) is 0 Å². The summed E-state index contributed by atoms with van der Waals surface area (Å²) in [5.41, 5.74) is 9.45. The standard InChI is InChI=1S/C22H26N6O4/c1-4-32-20-6-5-14(26-27-20)9-28(13(2)10-30-3)22(29)18-7-15-16-11-31-12-17(16)21(23)25-19(15)8-24-18/h5-8,13H,4,9-12H2,1-3H3,(H2,23,25)/t13-/m1/s1. The molecular weight excluding hydrogens is 412 g/mol. The monoisotopic (exact) mass is 438 g/mol. The lowest BCUT2D eigenvalue weighted by molar-refractivity contribution is 0.0532. The van der Waals surface area contributed by atoms with Crippen molar-refractivity contribution >= 4 is 22.6 Å². The van der Waals surface area contributed by atoms with E-state index in [0.29, 0.717) is 55.0 Å². The topological polar surface area (TPSA) is 126 Å². The fourth-order valence-electron chi connectivity index (χ4n) is 3.73. The fourth-order valence-corrected chi connectivity index (χ4v) is 3.73. The molecule has 1 aliphatic rings. The molecule has 3 aromatic heterocycles. The van der Waals surface area contributed by atoms with Crippen LogP contribution in [-0.4, -0.2) is 57.3 Å². The van der Waals surface area contributed by atoms with E-state index < -0.39 is 0 Å². The molecule has 0 aliphatic carbocycles. The molecule has 0 unspecified atom stereocenters. The number of pyridine rings is 2. The van der Waals surface area contributed by atoms with Crippen LogP contribution in [-0.2, 0) is 29.2 Å². The Kier molecular flexibility index (Phi) is 6.42. The summed E-state index contributed by atoms with van der Waals surface area (Å²) < 4.78 is 16.2. The number of carbonyl (C=O) groups is 1. The minimum Gasteiger partial charge on any atom is -0.477 e. The van der Waals surface area contributed by atoms with Gasteiger partial charge in [-0.25, -0.2) is 9.97 Å². The molecule has 0 fully saturated rings. The van der Waals surface area contributed by atoms with Gasteiger partial charge >= 0.3 is 0 Å². The van der Waals surface area contributed by atoms with Crippen molar-refractivity contribution < 1.29 is 19.0 Å². The number of methoxy groups -OCH3 is 1. The normalized spacial score (nSPS) is 13.7. The molecule has 0 aromatic carbocycles. The zero-order valence-electron chi connectivity index (χ0n) is 18.4. The molecule has 1 aliphatic heterocycles. The smallest absolute Gasteiger partial charge is 0.273 e. The number of aromatic nitrogens is 4. The summed E-state index contributed by atoms with van der Waals surface area (Å²) >= 11 is 0. The van der Waals surface area contributed by atoms with Crippen molar-refractivity contribution in [3.8, 4) is 5.88 Å². The Morgan fingerprint density at radius 3 is 2.81 bits per heavy atom. The van der Waals surface area contributed by atoms with E-state index in [1.165, 1.54) is 0 Å². The van der Waals surface area contributed by atoms with Crippen LogP contribution in [0.1, 0.15) is 41.2 Å². The van der Waals surface area contributed by atoms with Gasteiger partial charge in [-0.05, 0) is 31.5 Å². The molecule has 2 N–H and O–H groups in total. The second-order valence-corrected chi connectivity index (χ2v) is 7.57. The summed E-state index contributed by atoms with van der Waals surface area (Å²) in [6.45, 7) is 5.77. The van der Waals surface area contributed by atoms with Gasteiger partial charge in [0, 0.05) is 24.1 Å². The lowest BCUT2D eigenvalue weighted by Gasteiger charge is -2.28. The molecule has 0 saturated heterocycles. The molecule has 4 rings (SSSR count). The van der Waals surface area contributed by atoms with Gasteiger partial charge in [-0.3, -0.25) is 4.79 Å². The largest absolute Gasteiger partial charge is 0.477 e. The van der Waals surface area contributed by atoms with Crippen molar-refractivity contribution in [1.29, 1.82) is 0 Å². The minimum absolute atomic E-state index is 0.211. The molecule has 4 heterocycles. The first-order valence-corrected chi connectivity index (χ1v) is 10.4. The van der Waals surface area contributed by atoms with E-state index >= 15 is 0 Å².